The third kappa shape index (κ3) is 10.0. The van der Waals surface area contributed by atoms with E-state index in [1.807, 2.05) is 60.7 Å². The normalized spacial score (nSPS) is 12.9. The molecule has 0 aliphatic heterocycles. The van der Waals surface area contributed by atoms with Crippen LogP contribution in [0.25, 0.3) is 0 Å². The van der Waals surface area contributed by atoms with Gasteiger partial charge in [0.1, 0.15) is 5.75 Å². The fraction of sp³-hybridized carbons (Fsp3) is 0.567. The number of benzene rings is 2. The highest BCUT2D eigenvalue weighted by atomic mass is 16.5. The first kappa shape index (κ1) is 27.0. The lowest BCUT2D eigenvalue weighted by Crippen LogP contribution is -2.41. The lowest BCUT2D eigenvalue weighted by Gasteiger charge is -2.31. The third-order valence-corrected chi connectivity index (χ3v) is 6.50. The van der Waals surface area contributed by atoms with Gasteiger partial charge in [-0.2, -0.15) is 0 Å². The molecule has 0 aromatic heterocycles. The number of hydrogen-bond acceptors (Lipinski definition) is 2. The molecule has 2 rings (SSSR count). The maximum absolute atomic E-state index is 12.5. The molecular weight excluding hydrogens is 408 g/mol. The number of hydrogen-bond donors (Lipinski definition) is 1. The van der Waals surface area contributed by atoms with Crippen molar-refractivity contribution in [1.82, 2.24) is 0 Å². The first-order valence-corrected chi connectivity index (χ1v) is 13.2. The van der Waals surface area contributed by atoms with Gasteiger partial charge >= 0.3 is 5.97 Å². The summed E-state index contributed by atoms with van der Waals surface area (Å²) in [6.45, 7) is 2.27. The van der Waals surface area contributed by atoms with Gasteiger partial charge in [0.05, 0.1) is 0 Å². The molecule has 3 nitrogen and oxygen atoms in total. The quantitative estimate of drug-likeness (QED) is 0.216. The van der Waals surface area contributed by atoms with Crippen molar-refractivity contribution in [3.8, 4) is 5.75 Å². The van der Waals surface area contributed by atoms with E-state index >= 15 is 0 Å². The molecule has 0 fully saturated rings. The second-order valence-electron chi connectivity index (χ2n) is 9.26. The highest BCUT2D eigenvalue weighted by molar-refractivity contribution is 5.80. The summed E-state index contributed by atoms with van der Waals surface area (Å²) in [5, 5.41) is 10.2. The monoisotopic (exact) mass is 452 g/mol. The second-order valence-corrected chi connectivity index (χ2v) is 9.26. The number of unbranched alkanes of at least 4 members (excludes halogenated alkanes) is 13. The summed E-state index contributed by atoms with van der Waals surface area (Å²) in [4.78, 5) is 12.5. The van der Waals surface area contributed by atoms with Gasteiger partial charge < -0.3 is 9.84 Å². The molecule has 1 atom stereocenters. The Labute approximate surface area is 201 Å². The maximum atomic E-state index is 12.5. The van der Waals surface area contributed by atoms with Crippen molar-refractivity contribution >= 4 is 5.97 Å². The minimum Gasteiger partial charge on any atom is -0.478 e. The Morgan fingerprint density at radius 1 is 0.667 bits per heavy atom. The fourth-order valence-corrected chi connectivity index (χ4v) is 4.49. The highest BCUT2D eigenvalue weighted by Crippen LogP contribution is 2.34. The molecule has 0 heterocycles. The lowest BCUT2D eigenvalue weighted by atomic mass is 9.87. The lowest BCUT2D eigenvalue weighted by molar-refractivity contribution is -0.157. The summed E-state index contributed by atoms with van der Waals surface area (Å²) < 4.78 is 6.16. The summed E-state index contributed by atoms with van der Waals surface area (Å²) in [5.74, 6) is -0.332. The van der Waals surface area contributed by atoms with Gasteiger partial charge in [0.2, 0.25) is 5.60 Å². The first-order valence-electron chi connectivity index (χ1n) is 13.2. The number of carbonyl (C=O) groups is 1. The number of carboxylic acid groups (broad SMARTS) is 1. The number of para-hydroxylation sites is 1. The van der Waals surface area contributed by atoms with Gasteiger partial charge in [-0.05, 0) is 18.6 Å². The molecule has 0 bridgehead atoms. The van der Waals surface area contributed by atoms with Crippen molar-refractivity contribution in [2.75, 3.05) is 0 Å². The van der Waals surface area contributed by atoms with E-state index in [1.54, 1.807) is 0 Å². The Balaban J connectivity index is 1.71. The van der Waals surface area contributed by atoms with Crippen molar-refractivity contribution in [3.63, 3.8) is 0 Å². The zero-order chi connectivity index (χ0) is 23.6. The average molecular weight is 453 g/mol. The van der Waals surface area contributed by atoms with Gasteiger partial charge in [-0.15, -0.1) is 0 Å². The van der Waals surface area contributed by atoms with Crippen LogP contribution in [-0.2, 0) is 10.4 Å². The minimum atomic E-state index is -1.35. The van der Waals surface area contributed by atoms with Crippen LogP contribution < -0.4 is 4.74 Å². The van der Waals surface area contributed by atoms with Crippen LogP contribution in [0.4, 0.5) is 0 Å². The van der Waals surface area contributed by atoms with Crippen LogP contribution in [0.3, 0.4) is 0 Å². The van der Waals surface area contributed by atoms with Crippen LogP contribution in [-0.4, -0.2) is 11.1 Å². The SMILES string of the molecule is CCCCCCCCCCCCCCCCC(Oc1ccccc1)(C(=O)O)c1ccccc1. The fourth-order valence-electron chi connectivity index (χ4n) is 4.49. The van der Waals surface area contributed by atoms with E-state index in [0.29, 0.717) is 17.7 Å². The predicted molar refractivity (Wildman–Crippen MR) is 138 cm³/mol. The number of aliphatic carboxylic acids is 1. The Morgan fingerprint density at radius 2 is 1.09 bits per heavy atom. The molecule has 0 saturated carbocycles. The van der Waals surface area contributed by atoms with Gasteiger partial charge in [-0.3, -0.25) is 0 Å². The van der Waals surface area contributed by atoms with Gasteiger partial charge in [-0.1, -0.05) is 139 Å². The summed E-state index contributed by atoms with van der Waals surface area (Å²) >= 11 is 0. The van der Waals surface area contributed by atoms with Crippen molar-refractivity contribution in [1.29, 1.82) is 0 Å². The van der Waals surface area contributed by atoms with Crippen molar-refractivity contribution in [2.45, 2.75) is 109 Å². The van der Waals surface area contributed by atoms with E-state index in [9.17, 15) is 9.90 Å². The van der Waals surface area contributed by atoms with Crippen LogP contribution >= 0.6 is 0 Å². The molecule has 0 aliphatic carbocycles. The van der Waals surface area contributed by atoms with Gasteiger partial charge in [0.25, 0.3) is 0 Å². The largest absolute Gasteiger partial charge is 0.478 e. The summed E-state index contributed by atoms with van der Waals surface area (Å²) in [6, 6.07) is 18.7. The molecule has 182 valence electrons. The van der Waals surface area contributed by atoms with Gasteiger partial charge in [0.15, 0.2) is 0 Å². The molecular formula is C30H44O3. The topological polar surface area (TPSA) is 46.5 Å². The summed E-state index contributed by atoms with van der Waals surface area (Å²) in [6.07, 6.45) is 18.4. The standard InChI is InChI=1S/C30H44O3/c1-2-3-4-5-6-7-8-9-10-11-12-13-14-21-26-30(29(31)32,27-22-17-15-18-23-27)33-28-24-19-16-20-25-28/h15-20,22-25H,2-14,21,26H2,1H3,(H,31,32). The van der Waals surface area contributed by atoms with Gasteiger partial charge in [-0.25, -0.2) is 4.79 Å². The summed E-state index contributed by atoms with van der Waals surface area (Å²) in [5.41, 5.74) is -0.643. The highest BCUT2D eigenvalue weighted by Gasteiger charge is 2.42. The molecule has 0 aliphatic rings. The zero-order valence-corrected chi connectivity index (χ0v) is 20.6. The molecule has 3 heteroatoms. The van der Waals surface area contributed by atoms with E-state index in [1.165, 1.54) is 70.6 Å². The molecule has 1 unspecified atom stereocenters. The first-order chi connectivity index (χ1) is 16.2. The van der Waals surface area contributed by atoms with Crippen LogP contribution in [0.5, 0.6) is 5.75 Å². The molecule has 0 saturated heterocycles. The van der Waals surface area contributed by atoms with Crippen LogP contribution in [0.2, 0.25) is 0 Å². The number of carboxylic acids is 1. The molecule has 0 spiro atoms. The Hall–Kier alpha value is -2.29. The number of rotatable bonds is 19. The Kier molecular flexibility index (Phi) is 13.4. The van der Waals surface area contributed by atoms with Crippen LogP contribution in [0.1, 0.15) is 109 Å². The van der Waals surface area contributed by atoms with Crippen molar-refractivity contribution in [3.05, 3.63) is 66.2 Å². The number of ether oxygens (including phenoxy) is 1. The Morgan fingerprint density at radius 3 is 1.55 bits per heavy atom. The molecule has 2 aromatic rings. The van der Waals surface area contributed by atoms with Crippen molar-refractivity contribution in [2.24, 2.45) is 0 Å². The van der Waals surface area contributed by atoms with E-state index < -0.39 is 11.6 Å². The van der Waals surface area contributed by atoms with Crippen LogP contribution in [0.15, 0.2) is 60.7 Å². The van der Waals surface area contributed by atoms with E-state index in [-0.39, 0.29) is 0 Å². The minimum absolute atomic E-state index is 0.472. The van der Waals surface area contributed by atoms with E-state index in [2.05, 4.69) is 6.92 Å². The molecule has 1 N–H and O–H groups in total. The van der Waals surface area contributed by atoms with E-state index in [4.69, 9.17) is 4.74 Å². The Bertz CT molecular complexity index is 744. The molecule has 33 heavy (non-hydrogen) atoms. The predicted octanol–water partition coefficient (Wildman–Crippen LogP) is 8.92. The van der Waals surface area contributed by atoms with Crippen LogP contribution in [0, 0.1) is 0 Å². The maximum Gasteiger partial charge on any atom is 0.352 e. The average Bonchev–Trinajstić information content (AvgIpc) is 2.84. The molecule has 0 radical (unpaired) electrons. The van der Waals surface area contributed by atoms with Crippen molar-refractivity contribution < 1.29 is 14.6 Å². The molecule has 0 amide bonds. The zero-order valence-electron chi connectivity index (χ0n) is 20.6. The smallest absolute Gasteiger partial charge is 0.352 e. The summed E-state index contributed by atoms with van der Waals surface area (Å²) in [7, 11) is 0. The van der Waals surface area contributed by atoms with Gasteiger partial charge in [0, 0.05) is 12.0 Å². The second kappa shape index (κ2) is 16.3. The molecule has 2 aromatic carbocycles. The third-order valence-electron chi connectivity index (χ3n) is 6.50. The van der Waals surface area contributed by atoms with E-state index in [0.717, 1.165) is 19.3 Å².